The van der Waals surface area contributed by atoms with Gasteiger partial charge >= 0.3 is 0 Å². The van der Waals surface area contributed by atoms with Crippen molar-refractivity contribution in [2.45, 2.75) is 59.0 Å². The third kappa shape index (κ3) is 4.02. The van der Waals surface area contributed by atoms with Crippen LogP contribution in [0.4, 0.5) is 5.69 Å². The van der Waals surface area contributed by atoms with Crippen LogP contribution in [-0.4, -0.2) is 12.6 Å². The van der Waals surface area contributed by atoms with Crippen LogP contribution < -0.4 is 10.6 Å². The third-order valence-corrected chi connectivity index (χ3v) is 3.63. The number of rotatable bonds is 7. The average Bonchev–Trinajstić information content (AvgIpc) is 2.39. The van der Waals surface area contributed by atoms with Crippen LogP contribution in [0.15, 0.2) is 24.3 Å². The summed E-state index contributed by atoms with van der Waals surface area (Å²) in [4.78, 5) is 2.51. The molecule has 18 heavy (non-hydrogen) atoms. The van der Waals surface area contributed by atoms with Crippen molar-refractivity contribution in [3.63, 3.8) is 0 Å². The fourth-order valence-electron chi connectivity index (χ4n) is 2.12. The molecule has 2 nitrogen and oxygen atoms in total. The smallest absolute Gasteiger partial charge is 0.0368 e. The zero-order chi connectivity index (χ0) is 13.5. The van der Waals surface area contributed by atoms with Crippen LogP contribution in [0.3, 0.4) is 0 Å². The summed E-state index contributed by atoms with van der Waals surface area (Å²) in [6.07, 6.45) is 3.67. The molecule has 0 spiro atoms. The Morgan fingerprint density at radius 3 is 2.17 bits per heavy atom. The number of hydrogen-bond acceptors (Lipinski definition) is 2. The zero-order valence-corrected chi connectivity index (χ0v) is 12.3. The molecule has 0 aromatic heterocycles. The van der Waals surface area contributed by atoms with Crippen molar-refractivity contribution in [3.05, 3.63) is 29.8 Å². The van der Waals surface area contributed by atoms with E-state index in [1.807, 2.05) is 6.92 Å². The maximum atomic E-state index is 5.89. The van der Waals surface area contributed by atoms with E-state index < -0.39 is 0 Å². The molecule has 0 aliphatic rings. The maximum Gasteiger partial charge on any atom is 0.0368 e. The van der Waals surface area contributed by atoms with Crippen LogP contribution in [0, 0.1) is 0 Å². The van der Waals surface area contributed by atoms with Crippen molar-refractivity contribution in [1.82, 2.24) is 0 Å². The fourth-order valence-corrected chi connectivity index (χ4v) is 2.12. The molecular formula is C16H28N2. The van der Waals surface area contributed by atoms with Gasteiger partial charge < -0.3 is 10.6 Å². The van der Waals surface area contributed by atoms with Crippen molar-refractivity contribution in [1.29, 1.82) is 0 Å². The summed E-state index contributed by atoms with van der Waals surface area (Å²) in [6.45, 7) is 9.96. The molecule has 0 bridgehead atoms. The van der Waals surface area contributed by atoms with Crippen molar-refractivity contribution < 1.29 is 0 Å². The van der Waals surface area contributed by atoms with Gasteiger partial charge in [-0.25, -0.2) is 0 Å². The molecule has 2 atom stereocenters. The third-order valence-electron chi connectivity index (χ3n) is 3.63. The molecule has 1 unspecified atom stereocenters. The van der Waals surface area contributed by atoms with E-state index in [9.17, 15) is 0 Å². The predicted octanol–water partition coefficient (Wildman–Crippen LogP) is 4.11. The van der Waals surface area contributed by atoms with Gasteiger partial charge in [-0.3, -0.25) is 0 Å². The molecule has 0 aliphatic carbocycles. The van der Waals surface area contributed by atoms with E-state index in [1.54, 1.807) is 0 Å². The second-order valence-corrected chi connectivity index (χ2v) is 5.18. The topological polar surface area (TPSA) is 29.3 Å². The first-order chi connectivity index (χ1) is 8.60. The Balaban J connectivity index is 2.83. The molecule has 1 aromatic rings. The average molecular weight is 248 g/mol. The molecule has 1 rings (SSSR count). The van der Waals surface area contributed by atoms with E-state index in [-0.39, 0.29) is 6.04 Å². The normalized spacial score (nSPS) is 14.3. The van der Waals surface area contributed by atoms with Gasteiger partial charge in [0.05, 0.1) is 0 Å². The standard InChI is InChI=1S/C16H28N2/c1-5-7-12-18(13(3)6-2)16-10-8-15(9-11-16)14(4)17/h8-11,13-14H,5-7,12,17H2,1-4H3/t13?,14-/m1/s1. The Morgan fingerprint density at radius 2 is 1.72 bits per heavy atom. The Hall–Kier alpha value is -1.02. The highest BCUT2D eigenvalue weighted by atomic mass is 15.2. The first-order valence-corrected chi connectivity index (χ1v) is 7.22. The Morgan fingerprint density at radius 1 is 1.11 bits per heavy atom. The van der Waals surface area contributed by atoms with Gasteiger partial charge in [0, 0.05) is 24.3 Å². The molecule has 2 heteroatoms. The number of anilines is 1. The molecule has 0 heterocycles. The second-order valence-electron chi connectivity index (χ2n) is 5.18. The van der Waals surface area contributed by atoms with Gasteiger partial charge in [0.1, 0.15) is 0 Å². The maximum absolute atomic E-state index is 5.89. The van der Waals surface area contributed by atoms with Gasteiger partial charge in [-0.2, -0.15) is 0 Å². The Kier molecular flexibility index (Phi) is 6.20. The summed E-state index contributed by atoms with van der Waals surface area (Å²) in [5, 5.41) is 0. The summed E-state index contributed by atoms with van der Waals surface area (Å²) >= 11 is 0. The van der Waals surface area contributed by atoms with Gasteiger partial charge in [-0.15, -0.1) is 0 Å². The Bertz CT molecular complexity index is 329. The van der Waals surface area contributed by atoms with Gasteiger partial charge in [-0.05, 0) is 44.4 Å². The lowest BCUT2D eigenvalue weighted by Crippen LogP contribution is -2.33. The van der Waals surface area contributed by atoms with Crippen LogP contribution in [0.5, 0.6) is 0 Å². The van der Waals surface area contributed by atoms with E-state index in [0.717, 1.165) is 6.54 Å². The number of unbranched alkanes of at least 4 members (excludes halogenated alkanes) is 1. The molecule has 0 amide bonds. The minimum absolute atomic E-state index is 0.117. The number of benzene rings is 1. The zero-order valence-electron chi connectivity index (χ0n) is 12.3. The van der Waals surface area contributed by atoms with Crippen LogP contribution in [0.1, 0.15) is 58.6 Å². The van der Waals surface area contributed by atoms with Crippen LogP contribution >= 0.6 is 0 Å². The van der Waals surface area contributed by atoms with E-state index in [4.69, 9.17) is 5.73 Å². The van der Waals surface area contributed by atoms with Gasteiger partial charge in [0.15, 0.2) is 0 Å². The first-order valence-electron chi connectivity index (χ1n) is 7.22. The highest BCUT2D eigenvalue weighted by Crippen LogP contribution is 2.21. The lowest BCUT2D eigenvalue weighted by atomic mass is 10.1. The van der Waals surface area contributed by atoms with Crippen molar-refractivity contribution in [2.24, 2.45) is 5.73 Å². The molecule has 0 fully saturated rings. The van der Waals surface area contributed by atoms with Gasteiger partial charge in [0.25, 0.3) is 0 Å². The summed E-state index contributed by atoms with van der Waals surface area (Å²) < 4.78 is 0. The first kappa shape index (κ1) is 15.0. The van der Waals surface area contributed by atoms with E-state index in [2.05, 4.69) is 49.9 Å². The van der Waals surface area contributed by atoms with Gasteiger partial charge in [-0.1, -0.05) is 32.4 Å². The summed E-state index contributed by atoms with van der Waals surface area (Å²) in [5.74, 6) is 0. The Labute approximate surface area is 112 Å². The van der Waals surface area contributed by atoms with Crippen LogP contribution in [0.2, 0.25) is 0 Å². The van der Waals surface area contributed by atoms with Gasteiger partial charge in [0.2, 0.25) is 0 Å². The SMILES string of the molecule is CCCCN(c1ccc([C@@H](C)N)cc1)C(C)CC. The summed E-state index contributed by atoms with van der Waals surface area (Å²) in [7, 11) is 0. The molecule has 2 N–H and O–H groups in total. The molecule has 0 aliphatic heterocycles. The summed E-state index contributed by atoms with van der Waals surface area (Å²) in [5.41, 5.74) is 8.42. The highest BCUT2D eigenvalue weighted by Gasteiger charge is 2.12. The van der Waals surface area contributed by atoms with Crippen molar-refractivity contribution in [3.8, 4) is 0 Å². The number of nitrogens with two attached hydrogens (primary N) is 1. The fraction of sp³-hybridized carbons (Fsp3) is 0.625. The van der Waals surface area contributed by atoms with Crippen molar-refractivity contribution >= 4 is 5.69 Å². The minimum Gasteiger partial charge on any atom is -0.369 e. The quantitative estimate of drug-likeness (QED) is 0.786. The van der Waals surface area contributed by atoms with E-state index in [0.29, 0.717) is 6.04 Å². The second kappa shape index (κ2) is 7.42. The highest BCUT2D eigenvalue weighted by molar-refractivity contribution is 5.48. The number of nitrogens with zero attached hydrogens (tertiary/aromatic N) is 1. The minimum atomic E-state index is 0.117. The molecule has 0 radical (unpaired) electrons. The lowest BCUT2D eigenvalue weighted by molar-refractivity contribution is 0.595. The summed E-state index contributed by atoms with van der Waals surface area (Å²) in [6, 6.07) is 9.44. The van der Waals surface area contributed by atoms with E-state index >= 15 is 0 Å². The molecule has 1 aromatic carbocycles. The molecular weight excluding hydrogens is 220 g/mol. The largest absolute Gasteiger partial charge is 0.369 e. The van der Waals surface area contributed by atoms with E-state index in [1.165, 1.54) is 30.5 Å². The predicted molar refractivity (Wildman–Crippen MR) is 81.1 cm³/mol. The molecule has 0 saturated carbocycles. The monoisotopic (exact) mass is 248 g/mol. The van der Waals surface area contributed by atoms with Crippen molar-refractivity contribution in [2.75, 3.05) is 11.4 Å². The van der Waals surface area contributed by atoms with Crippen LogP contribution in [0.25, 0.3) is 0 Å². The molecule has 0 saturated heterocycles. The van der Waals surface area contributed by atoms with Crippen LogP contribution in [-0.2, 0) is 0 Å². The lowest BCUT2D eigenvalue weighted by Gasteiger charge is -2.31. The molecule has 102 valence electrons. The number of hydrogen-bond donors (Lipinski definition) is 1.